The molecule has 0 radical (unpaired) electrons. The van der Waals surface area contributed by atoms with Crippen LogP contribution in [0.1, 0.15) is 271 Å². The van der Waals surface area contributed by atoms with E-state index in [1.54, 1.807) is 0 Å². The Morgan fingerprint density at radius 2 is 0.629 bits per heavy atom. The third-order valence-electron chi connectivity index (χ3n) is 11.6. The number of hydrogen-bond acceptors (Lipinski definition) is 6. The van der Waals surface area contributed by atoms with Crippen molar-refractivity contribution < 1.29 is 28.6 Å². The van der Waals surface area contributed by atoms with Crippen molar-refractivity contribution >= 4 is 17.9 Å². The van der Waals surface area contributed by atoms with Crippen molar-refractivity contribution in [3.8, 4) is 0 Å². The maximum absolute atomic E-state index is 12.8. The zero-order chi connectivity index (χ0) is 45.1. The van der Waals surface area contributed by atoms with E-state index in [1.165, 1.54) is 141 Å². The lowest BCUT2D eigenvalue weighted by Crippen LogP contribution is -2.30. The molecule has 0 N–H and O–H groups in total. The zero-order valence-corrected chi connectivity index (χ0v) is 41.1. The van der Waals surface area contributed by atoms with E-state index >= 15 is 0 Å². The van der Waals surface area contributed by atoms with Crippen molar-refractivity contribution in [3.63, 3.8) is 0 Å². The molecule has 0 aliphatic carbocycles. The van der Waals surface area contributed by atoms with E-state index in [2.05, 4.69) is 69.4 Å². The molecule has 0 saturated carbocycles. The summed E-state index contributed by atoms with van der Waals surface area (Å²) in [6.45, 7) is 6.52. The van der Waals surface area contributed by atoms with E-state index in [0.29, 0.717) is 19.3 Å². The molecule has 0 saturated heterocycles. The summed E-state index contributed by atoms with van der Waals surface area (Å²) in [4.78, 5) is 38.0. The highest BCUT2D eigenvalue weighted by Gasteiger charge is 2.19. The van der Waals surface area contributed by atoms with Crippen molar-refractivity contribution in [2.75, 3.05) is 13.2 Å². The van der Waals surface area contributed by atoms with E-state index in [1.807, 2.05) is 0 Å². The number of carbonyl (C=O) groups excluding carboxylic acids is 3. The van der Waals surface area contributed by atoms with Crippen LogP contribution in [0, 0.1) is 0 Å². The van der Waals surface area contributed by atoms with Crippen LogP contribution in [0.5, 0.6) is 0 Å². The van der Waals surface area contributed by atoms with Gasteiger partial charge in [0.15, 0.2) is 6.10 Å². The summed E-state index contributed by atoms with van der Waals surface area (Å²) >= 11 is 0. The predicted molar refractivity (Wildman–Crippen MR) is 265 cm³/mol. The van der Waals surface area contributed by atoms with Gasteiger partial charge >= 0.3 is 17.9 Å². The van der Waals surface area contributed by atoms with Crippen LogP contribution in [0.4, 0.5) is 0 Å². The van der Waals surface area contributed by atoms with Crippen LogP contribution in [0.2, 0.25) is 0 Å². The molecule has 0 amide bonds. The summed E-state index contributed by atoms with van der Waals surface area (Å²) in [5.41, 5.74) is 0. The van der Waals surface area contributed by atoms with Crippen molar-refractivity contribution in [2.24, 2.45) is 0 Å². The monoisotopic (exact) mass is 869 g/mol. The summed E-state index contributed by atoms with van der Waals surface area (Å²) in [6, 6.07) is 0. The number of hydrogen-bond donors (Lipinski definition) is 0. The van der Waals surface area contributed by atoms with Gasteiger partial charge in [0.2, 0.25) is 0 Å². The second-order valence-electron chi connectivity index (χ2n) is 17.8. The largest absolute Gasteiger partial charge is 0.462 e. The van der Waals surface area contributed by atoms with E-state index in [4.69, 9.17) is 14.2 Å². The third kappa shape index (κ3) is 48.4. The van der Waals surface area contributed by atoms with Crippen LogP contribution in [-0.2, 0) is 28.6 Å². The third-order valence-corrected chi connectivity index (χ3v) is 11.6. The van der Waals surface area contributed by atoms with Crippen LogP contribution in [0.3, 0.4) is 0 Å². The van der Waals surface area contributed by atoms with Crippen LogP contribution < -0.4 is 0 Å². The Bertz CT molecular complexity index is 1090. The number of carbonyl (C=O) groups is 3. The second-order valence-corrected chi connectivity index (χ2v) is 17.8. The van der Waals surface area contributed by atoms with Crippen LogP contribution >= 0.6 is 0 Å². The van der Waals surface area contributed by atoms with Gasteiger partial charge in [-0.3, -0.25) is 14.4 Å². The number of rotatable bonds is 48. The lowest BCUT2D eigenvalue weighted by Gasteiger charge is -2.18. The minimum Gasteiger partial charge on any atom is -0.462 e. The first kappa shape index (κ1) is 59.4. The van der Waals surface area contributed by atoms with Gasteiger partial charge < -0.3 is 14.2 Å². The molecule has 0 rings (SSSR count). The minimum atomic E-state index is -0.781. The van der Waals surface area contributed by atoms with E-state index in [9.17, 15) is 14.4 Å². The molecule has 0 spiro atoms. The molecular weight excluding hydrogens is 769 g/mol. The van der Waals surface area contributed by atoms with E-state index < -0.39 is 6.10 Å². The van der Waals surface area contributed by atoms with Gasteiger partial charge in [0.25, 0.3) is 0 Å². The van der Waals surface area contributed by atoms with Crippen molar-refractivity contribution in [2.45, 2.75) is 277 Å². The van der Waals surface area contributed by atoms with Crippen molar-refractivity contribution in [1.82, 2.24) is 0 Å². The summed E-state index contributed by atoms with van der Waals surface area (Å²) in [7, 11) is 0. The van der Waals surface area contributed by atoms with Gasteiger partial charge in [-0.1, -0.05) is 243 Å². The number of esters is 3. The van der Waals surface area contributed by atoms with Crippen LogP contribution in [0.15, 0.2) is 48.6 Å². The van der Waals surface area contributed by atoms with Gasteiger partial charge in [-0.05, 0) is 57.8 Å². The second kappa shape index (κ2) is 51.0. The fourth-order valence-corrected chi connectivity index (χ4v) is 7.61. The summed E-state index contributed by atoms with van der Waals surface area (Å²) in [5, 5.41) is 0. The highest BCUT2D eigenvalue weighted by molar-refractivity contribution is 5.71. The SMILES string of the molecule is CC/C=C\C/C=C\C/C=C\C/C=C\CCCCCC(=O)OCC(COC(=O)CCCCCCCCCCCCCCC)OC(=O)CCCCCCCCCCCCCCCCC. The first-order valence-corrected chi connectivity index (χ1v) is 26.6. The lowest BCUT2D eigenvalue weighted by atomic mass is 10.0. The number of unbranched alkanes of at least 4 members (excludes halogenated alkanes) is 29. The molecule has 1 unspecified atom stereocenters. The molecule has 0 aromatic rings. The van der Waals surface area contributed by atoms with Crippen molar-refractivity contribution in [1.29, 1.82) is 0 Å². The average molecular weight is 869 g/mol. The molecule has 0 aromatic carbocycles. The van der Waals surface area contributed by atoms with Crippen LogP contribution in [0.25, 0.3) is 0 Å². The summed E-state index contributed by atoms with van der Waals surface area (Å²) < 4.78 is 16.8. The Hall–Kier alpha value is -2.63. The highest BCUT2D eigenvalue weighted by atomic mass is 16.6. The summed E-state index contributed by atoms with van der Waals surface area (Å²) in [5.74, 6) is -0.900. The lowest BCUT2D eigenvalue weighted by molar-refractivity contribution is -0.167. The summed E-state index contributed by atoms with van der Waals surface area (Å²) in [6.07, 6.45) is 60.9. The van der Waals surface area contributed by atoms with Gasteiger partial charge in [-0.15, -0.1) is 0 Å². The molecule has 1 atom stereocenters. The highest BCUT2D eigenvalue weighted by Crippen LogP contribution is 2.16. The maximum atomic E-state index is 12.8. The van der Waals surface area contributed by atoms with E-state index in [-0.39, 0.29) is 31.1 Å². The standard InChI is InChI=1S/C56H100O6/c1-4-7-10-13-16-19-22-25-27-29-31-34-37-40-43-46-49-55(58)61-52-53(51-60-54(57)48-45-42-39-36-33-30-24-21-18-15-12-9-6-3)62-56(59)50-47-44-41-38-35-32-28-26-23-20-17-14-11-8-5-2/h7,10,16,19,25,27,31,34,53H,4-6,8-9,11-15,17-18,20-24,26,28-30,32-33,35-52H2,1-3H3/b10-7-,19-16-,27-25-,34-31-. The molecule has 62 heavy (non-hydrogen) atoms. The maximum Gasteiger partial charge on any atom is 0.306 e. The predicted octanol–water partition coefficient (Wildman–Crippen LogP) is 17.5. The molecule has 360 valence electrons. The Morgan fingerprint density at radius 1 is 0.339 bits per heavy atom. The molecule has 0 bridgehead atoms. The fraction of sp³-hybridized carbons (Fsp3) is 0.804. The van der Waals surface area contributed by atoms with Crippen molar-refractivity contribution in [3.05, 3.63) is 48.6 Å². The first-order chi connectivity index (χ1) is 30.5. The molecule has 6 heteroatoms. The molecule has 0 aliphatic rings. The Labute approximate surface area is 384 Å². The number of ether oxygens (including phenoxy) is 3. The van der Waals surface area contributed by atoms with Gasteiger partial charge in [-0.25, -0.2) is 0 Å². The molecule has 6 nitrogen and oxygen atoms in total. The van der Waals surface area contributed by atoms with Gasteiger partial charge in [0, 0.05) is 19.3 Å². The molecule has 0 fully saturated rings. The quantitative estimate of drug-likeness (QED) is 0.0262. The van der Waals surface area contributed by atoms with Gasteiger partial charge in [0.1, 0.15) is 13.2 Å². The Morgan fingerprint density at radius 3 is 0.984 bits per heavy atom. The Balaban J connectivity index is 4.40. The van der Waals surface area contributed by atoms with E-state index in [0.717, 1.165) is 89.9 Å². The molecular formula is C56H100O6. The first-order valence-electron chi connectivity index (χ1n) is 26.6. The molecule has 0 aliphatic heterocycles. The number of allylic oxidation sites excluding steroid dienone is 8. The minimum absolute atomic E-state index is 0.0793. The van der Waals surface area contributed by atoms with Gasteiger partial charge in [0.05, 0.1) is 0 Å². The van der Waals surface area contributed by atoms with Gasteiger partial charge in [-0.2, -0.15) is 0 Å². The fourth-order valence-electron chi connectivity index (χ4n) is 7.61. The Kier molecular flexibility index (Phi) is 48.8. The topological polar surface area (TPSA) is 78.9 Å². The normalized spacial score (nSPS) is 12.4. The average Bonchev–Trinajstić information content (AvgIpc) is 3.27. The molecule has 0 aromatic heterocycles. The molecule has 0 heterocycles. The van der Waals surface area contributed by atoms with Crippen LogP contribution in [-0.4, -0.2) is 37.2 Å². The smallest absolute Gasteiger partial charge is 0.306 e. The zero-order valence-electron chi connectivity index (χ0n) is 41.1.